The molecule has 1 fully saturated rings. The number of likely N-dealkylation sites (N-methyl/N-ethyl adjacent to an activating group) is 1. The second-order valence-corrected chi connectivity index (χ2v) is 4.67. The summed E-state index contributed by atoms with van der Waals surface area (Å²) in [4.78, 5) is 1.97. The van der Waals surface area contributed by atoms with Gasteiger partial charge in [0.05, 0.1) is 12.2 Å². The smallest absolute Gasteiger partial charge is 0.120 e. The number of hydrogen-bond acceptors (Lipinski definition) is 3. The zero-order valence-electron chi connectivity index (χ0n) is 9.89. The molecule has 0 heterocycles. The summed E-state index contributed by atoms with van der Waals surface area (Å²) in [7, 11) is 3.90. The normalized spacial score (nSPS) is 17.5. The van der Waals surface area contributed by atoms with E-state index in [0.29, 0.717) is 12.6 Å². The summed E-state index contributed by atoms with van der Waals surface area (Å²) in [5, 5.41) is 9.97. The Hall–Kier alpha value is -1.06. The molecule has 1 aliphatic rings. The van der Waals surface area contributed by atoms with Crippen LogP contribution in [-0.2, 0) is 0 Å². The standard InChI is InChI=1S/C13H19NO2/c1-14(2)9-13(15)10-4-3-5-12(8-10)16-11-6-7-11/h3-5,8,11,13,15H,6-7,9H2,1-2H3. The van der Waals surface area contributed by atoms with Crippen LogP contribution in [0.5, 0.6) is 5.75 Å². The Labute approximate surface area is 96.6 Å². The van der Waals surface area contributed by atoms with Crippen molar-refractivity contribution >= 4 is 0 Å². The average molecular weight is 221 g/mol. The summed E-state index contributed by atoms with van der Waals surface area (Å²) < 4.78 is 5.70. The number of ether oxygens (including phenoxy) is 1. The molecule has 1 atom stereocenters. The van der Waals surface area contributed by atoms with Gasteiger partial charge in [-0.2, -0.15) is 0 Å². The molecule has 1 saturated carbocycles. The van der Waals surface area contributed by atoms with Gasteiger partial charge in [-0.05, 0) is 44.6 Å². The van der Waals surface area contributed by atoms with Gasteiger partial charge in [-0.25, -0.2) is 0 Å². The molecular weight excluding hydrogens is 202 g/mol. The van der Waals surface area contributed by atoms with Crippen molar-refractivity contribution in [3.8, 4) is 5.75 Å². The third-order valence-electron chi connectivity index (χ3n) is 2.61. The van der Waals surface area contributed by atoms with E-state index in [1.54, 1.807) is 0 Å². The first kappa shape index (κ1) is 11.4. The van der Waals surface area contributed by atoms with Crippen LogP contribution in [0.2, 0.25) is 0 Å². The second-order valence-electron chi connectivity index (χ2n) is 4.67. The van der Waals surface area contributed by atoms with E-state index in [0.717, 1.165) is 24.2 Å². The van der Waals surface area contributed by atoms with E-state index in [9.17, 15) is 5.11 Å². The molecule has 0 aromatic heterocycles. The van der Waals surface area contributed by atoms with Crippen molar-refractivity contribution in [3.05, 3.63) is 29.8 Å². The van der Waals surface area contributed by atoms with Gasteiger partial charge in [0.1, 0.15) is 5.75 Å². The van der Waals surface area contributed by atoms with E-state index < -0.39 is 6.10 Å². The van der Waals surface area contributed by atoms with Crippen LogP contribution in [0.15, 0.2) is 24.3 Å². The fraction of sp³-hybridized carbons (Fsp3) is 0.538. The van der Waals surface area contributed by atoms with E-state index in [-0.39, 0.29) is 0 Å². The van der Waals surface area contributed by atoms with Crippen molar-refractivity contribution in [3.63, 3.8) is 0 Å². The highest BCUT2D eigenvalue weighted by Gasteiger charge is 2.23. The van der Waals surface area contributed by atoms with Gasteiger partial charge in [-0.15, -0.1) is 0 Å². The van der Waals surface area contributed by atoms with Gasteiger partial charge in [0.15, 0.2) is 0 Å². The summed E-state index contributed by atoms with van der Waals surface area (Å²) >= 11 is 0. The fourth-order valence-electron chi connectivity index (χ4n) is 1.62. The van der Waals surface area contributed by atoms with Gasteiger partial charge in [-0.1, -0.05) is 12.1 Å². The van der Waals surface area contributed by atoms with Gasteiger partial charge in [0, 0.05) is 6.54 Å². The maximum absolute atomic E-state index is 9.97. The van der Waals surface area contributed by atoms with Crippen molar-refractivity contribution in [2.24, 2.45) is 0 Å². The van der Waals surface area contributed by atoms with E-state index in [4.69, 9.17) is 4.74 Å². The quantitative estimate of drug-likeness (QED) is 0.823. The first-order valence-electron chi connectivity index (χ1n) is 5.74. The zero-order chi connectivity index (χ0) is 11.5. The summed E-state index contributed by atoms with van der Waals surface area (Å²) in [6.07, 6.45) is 2.27. The van der Waals surface area contributed by atoms with Crippen LogP contribution in [0.1, 0.15) is 24.5 Å². The Balaban J connectivity index is 2.02. The van der Waals surface area contributed by atoms with Crippen molar-refractivity contribution in [1.29, 1.82) is 0 Å². The van der Waals surface area contributed by atoms with E-state index in [1.165, 1.54) is 0 Å². The summed E-state index contributed by atoms with van der Waals surface area (Å²) in [6.45, 7) is 0.632. The third-order valence-corrected chi connectivity index (χ3v) is 2.61. The molecule has 1 unspecified atom stereocenters. The molecule has 2 rings (SSSR count). The van der Waals surface area contributed by atoms with Crippen LogP contribution in [0.4, 0.5) is 0 Å². The maximum Gasteiger partial charge on any atom is 0.120 e. The minimum absolute atomic E-state index is 0.404. The van der Waals surface area contributed by atoms with Crippen LogP contribution in [-0.4, -0.2) is 36.8 Å². The molecule has 1 aromatic rings. The molecule has 16 heavy (non-hydrogen) atoms. The summed E-state index contributed by atoms with van der Waals surface area (Å²) in [5.41, 5.74) is 0.923. The van der Waals surface area contributed by atoms with Gasteiger partial charge >= 0.3 is 0 Å². The molecule has 1 N–H and O–H groups in total. The Morgan fingerprint density at radius 1 is 1.44 bits per heavy atom. The largest absolute Gasteiger partial charge is 0.490 e. The Morgan fingerprint density at radius 3 is 2.81 bits per heavy atom. The van der Waals surface area contributed by atoms with Gasteiger partial charge in [0.2, 0.25) is 0 Å². The molecule has 3 nitrogen and oxygen atoms in total. The highest BCUT2D eigenvalue weighted by molar-refractivity contribution is 5.30. The minimum atomic E-state index is -0.447. The van der Waals surface area contributed by atoms with Crippen molar-refractivity contribution in [2.75, 3.05) is 20.6 Å². The van der Waals surface area contributed by atoms with Crippen molar-refractivity contribution < 1.29 is 9.84 Å². The van der Waals surface area contributed by atoms with Crippen LogP contribution >= 0.6 is 0 Å². The monoisotopic (exact) mass is 221 g/mol. The molecule has 1 aliphatic carbocycles. The topological polar surface area (TPSA) is 32.7 Å². The molecule has 0 radical (unpaired) electrons. The molecule has 3 heteroatoms. The predicted molar refractivity (Wildman–Crippen MR) is 63.6 cm³/mol. The maximum atomic E-state index is 9.97. The second kappa shape index (κ2) is 4.85. The first-order chi connectivity index (χ1) is 7.65. The van der Waals surface area contributed by atoms with Crippen molar-refractivity contribution in [2.45, 2.75) is 25.0 Å². The third kappa shape index (κ3) is 3.22. The molecule has 0 amide bonds. The highest BCUT2D eigenvalue weighted by Crippen LogP contribution is 2.28. The zero-order valence-corrected chi connectivity index (χ0v) is 9.89. The lowest BCUT2D eigenvalue weighted by Crippen LogP contribution is -2.20. The molecule has 0 saturated heterocycles. The van der Waals surface area contributed by atoms with Gasteiger partial charge < -0.3 is 14.7 Å². The summed E-state index contributed by atoms with van der Waals surface area (Å²) in [5.74, 6) is 0.873. The first-order valence-corrected chi connectivity index (χ1v) is 5.74. The lowest BCUT2D eigenvalue weighted by atomic mass is 10.1. The lowest BCUT2D eigenvalue weighted by molar-refractivity contribution is 0.138. The van der Waals surface area contributed by atoms with E-state index in [2.05, 4.69) is 0 Å². The molecular formula is C13H19NO2. The van der Waals surface area contributed by atoms with Crippen LogP contribution in [0.3, 0.4) is 0 Å². The number of hydrogen-bond donors (Lipinski definition) is 1. The number of aliphatic hydroxyl groups is 1. The average Bonchev–Trinajstić information content (AvgIpc) is 3.01. The highest BCUT2D eigenvalue weighted by atomic mass is 16.5. The van der Waals surface area contributed by atoms with Crippen LogP contribution in [0.25, 0.3) is 0 Å². The SMILES string of the molecule is CN(C)CC(O)c1cccc(OC2CC2)c1. The van der Waals surface area contributed by atoms with E-state index >= 15 is 0 Å². The van der Waals surface area contributed by atoms with Gasteiger partial charge in [0.25, 0.3) is 0 Å². The van der Waals surface area contributed by atoms with Crippen molar-refractivity contribution in [1.82, 2.24) is 4.90 Å². The van der Waals surface area contributed by atoms with Crippen LogP contribution in [0, 0.1) is 0 Å². The molecule has 1 aromatic carbocycles. The molecule has 88 valence electrons. The molecule has 0 bridgehead atoms. The molecule has 0 aliphatic heterocycles. The Kier molecular flexibility index (Phi) is 3.46. The number of rotatable bonds is 5. The summed E-state index contributed by atoms with van der Waals surface area (Å²) in [6, 6.07) is 7.76. The predicted octanol–water partition coefficient (Wildman–Crippen LogP) is 1.82. The van der Waals surface area contributed by atoms with E-state index in [1.807, 2.05) is 43.3 Å². The molecule has 0 spiro atoms. The Morgan fingerprint density at radius 2 is 2.19 bits per heavy atom. The number of nitrogens with zero attached hydrogens (tertiary/aromatic N) is 1. The minimum Gasteiger partial charge on any atom is -0.490 e. The number of aliphatic hydroxyl groups excluding tert-OH is 1. The number of benzene rings is 1. The van der Waals surface area contributed by atoms with Crippen LogP contribution < -0.4 is 4.74 Å². The Bertz CT molecular complexity index is 348. The fourth-order valence-corrected chi connectivity index (χ4v) is 1.62. The lowest BCUT2D eigenvalue weighted by Gasteiger charge is -2.17. The van der Waals surface area contributed by atoms with Gasteiger partial charge in [-0.3, -0.25) is 0 Å².